The van der Waals surface area contributed by atoms with Crippen molar-refractivity contribution < 1.29 is 14.7 Å². The maximum Gasteiger partial charge on any atom is 0.258 e. The highest BCUT2D eigenvalue weighted by Crippen LogP contribution is 2.49. The number of aromatic nitrogens is 1. The summed E-state index contributed by atoms with van der Waals surface area (Å²) in [5.74, 6) is -0.896. The van der Waals surface area contributed by atoms with Crippen molar-refractivity contribution in [1.82, 2.24) is 14.8 Å². The molecule has 0 unspecified atom stereocenters. The number of carbonyl (C=O) groups is 2. The molecule has 7 heteroatoms. The molecule has 2 N–H and O–H groups in total. The zero-order chi connectivity index (χ0) is 21.0. The highest BCUT2D eigenvalue weighted by atomic mass is 16.3. The van der Waals surface area contributed by atoms with E-state index in [0.29, 0.717) is 6.54 Å². The molecule has 7 nitrogen and oxygen atoms in total. The van der Waals surface area contributed by atoms with Gasteiger partial charge >= 0.3 is 0 Å². The summed E-state index contributed by atoms with van der Waals surface area (Å²) in [6.07, 6.45) is 8.17. The Morgan fingerprint density at radius 2 is 2.03 bits per heavy atom. The zero-order valence-electron chi connectivity index (χ0n) is 17.3. The van der Waals surface area contributed by atoms with Gasteiger partial charge in [0.05, 0.1) is 6.04 Å². The third kappa shape index (κ3) is 2.86. The predicted molar refractivity (Wildman–Crippen MR) is 111 cm³/mol. The van der Waals surface area contributed by atoms with E-state index in [2.05, 4.69) is 11.4 Å². The number of nitrogens with zero attached hydrogens (tertiary/aromatic N) is 2. The van der Waals surface area contributed by atoms with E-state index in [0.717, 1.165) is 55.4 Å². The monoisotopic (exact) mass is 411 g/mol. The second kappa shape index (κ2) is 7.38. The van der Waals surface area contributed by atoms with Crippen LogP contribution in [-0.2, 0) is 16.1 Å². The smallest absolute Gasteiger partial charge is 0.258 e. The topological polar surface area (TPSA) is 91.6 Å². The second-order valence-electron chi connectivity index (χ2n) is 9.17. The van der Waals surface area contributed by atoms with Crippen LogP contribution in [0.3, 0.4) is 0 Å². The molecule has 0 spiro atoms. The summed E-state index contributed by atoms with van der Waals surface area (Å²) in [6, 6.07) is 2.95. The molecule has 1 aromatic rings. The van der Waals surface area contributed by atoms with E-state index in [1.165, 1.54) is 6.92 Å². The van der Waals surface area contributed by atoms with E-state index < -0.39 is 6.04 Å². The summed E-state index contributed by atoms with van der Waals surface area (Å²) >= 11 is 0. The Hall–Kier alpha value is -2.41. The Morgan fingerprint density at radius 1 is 1.23 bits per heavy atom. The fraction of sp³-hybridized carbons (Fsp3) is 0.609. The van der Waals surface area contributed by atoms with E-state index in [4.69, 9.17) is 0 Å². The van der Waals surface area contributed by atoms with Crippen molar-refractivity contribution >= 4 is 17.4 Å². The molecule has 2 aliphatic carbocycles. The highest BCUT2D eigenvalue weighted by Gasteiger charge is 2.56. The van der Waals surface area contributed by atoms with Crippen LogP contribution in [0.1, 0.15) is 62.7 Å². The molecule has 1 saturated heterocycles. The van der Waals surface area contributed by atoms with Crippen LogP contribution in [0.15, 0.2) is 23.0 Å². The molecule has 0 aromatic carbocycles. The molecule has 1 saturated carbocycles. The number of likely N-dealkylation sites (tertiary alicyclic amines) is 1. The normalized spacial score (nSPS) is 29.9. The standard InChI is InChI=1S/C23H29N3O4/c1-13(28)26-20-17(18(12-27)21(26)22(29)24-15-7-4-8-15)11-25-19(20)10-9-16(23(25)30)14-5-2-3-6-14/h5,9-10,15,17-18,20-21,27H,2-4,6-8,11-12H2,1H3,(H,24,29)/t17-,18-,20+,21-/m0/s1. The van der Waals surface area contributed by atoms with Gasteiger partial charge in [0.2, 0.25) is 11.8 Å². The van der Waals surface area contributed by atoms with Crippen LogP contribution in [0, 0.1) is 11.8 Å². The Morgan fingerprint density at radius 3 is 2.63 bits per heavy atom. The molecule has 1 aromatic heterocycles. The number of allylic oxidation sites excluding steroid dienone is 2. The van der Waals surface area contributed by atoms with Crippen molar-refractivity contribution in [2.45, 2.75) is 70.1 Å². The maximum absolute atomic E-state index is 13.2. The van der Waals surface area contributed by atoms with Gasteiger partial charge in [-0.05, 0) is 56.2 Å². The molecule has 5 rings (SSSR count). The van der Waals surface area contributed by atoms with Crippen molar-refractivity contribution in [3.63, 3.8) is 0 Å². The highest BCUT2D eigenvalue weighted by molar-refractivity contribution is 5.88. The lowest BCUT2D eigenvalue weighted by molar-refractivity contribution is -0.140. The van der Waals surface area contributed by atoms with Gasteiger partial charge in [0.25, 0.3) is 5.56 Å². The lowest BCUT2D eigenvalue weighted by Crippen LogP contribution is -2.53. The Kier molecular flexibility index (Phi) is 4.81. The van der Waals surface area contributed by atoms with E-state index in [-0.39, 0.29) is 47.9 Å². The van der Waals surface area contributed by atoms with E-state index in [9.17, 15) is 19.5 Å². The molecule has 2 amide bonds. The number of amides is 2. The third-order valence-electron chi connectivity index (χ3n) is 7.55. The van der Waals surface area contributed by atoms with Crippen LogP contribution in [-0.4, -0.2) is 45.1 Å². The first kappa shape index (κ1) is 19.5. The van der Waals surface area contributed by atoms with Crippen LogP contribution in [0.25, 0.3) is 5.57 Å². The first-order valence-electron chi connectivity index (χ1n) is 11.1. The Bertz CT molecular complexity index is 977. The van der Waals surface area contributed by atoms with Gasteiger partial charge in [0.1, 0.15) is 6.04 Å². The number of fused-ring (bicyclic) bond motifs is 3. The second-order valence-corrected chi connectivity index (χ2v) is 9.17. The molecule has 4 atom stereocenters. The molecule has 2 fully saturated rings. The van der Waals surface area contributed by atoms with Crippen molar-refractivity contribution in [2.75, 3.05) is 6.61 Å². The average Bonchev–Trinajstić information content (AvgIpc) is 3.39. The van der Waals surface area contributed by atoms with Crippen LogP contribution >= 0.6 is 0 Å². The summed E-state index contributed by atoms with van der Waals surface area (Å²) in [5, 5.41) is 13.3. The Balaban J connectivity index is 1.52. The molecule has 3 heterocycles. The summed E-state index contributed by atoms with van der Waals surface area (Å²) in [7, 11) is 0. The van der Waals surface area contributed by atoms with Crippen LogP contribution in [0.4, 0.5) is 0 Å². The van der Waals surface area contributed by atoms with Crippen molar-refractivity contribution in [3.05, 3.63) is 39.8 Å². The number of hydrogen-bond donors (Lipinski definition) is 2. The molecule has 160 valence electrons. The summed E-state index contributed by atoms with van der Waals surface area (Å²) in [6.45, 7) is 1.72. The molecular formula is C23H29N3O4. The van der Waals surface area contributed by atoms with Gasteiger partial charge in [0.15, 0.2) is 0 Å². The summed E-state index contributed by atoms with van der Waals surface area (Å²) < 4.78 is 1.77. The fourth-order valence-corrected chi connectivity index (χ4v) is 5.85. The fourth-order valence-electron chi connectivity index (χ4n) is 5.85. The molecular weight excluding hydrogens is 382 g/mol. The first-order valence-corrected chi connectivity index (χ1v) is 11.1. The summed E-state index contributed by atoms with van der Waals surface area (Å²) in [4.78, 5) is 40.6. The van der Waals surface area contributed by atoms with Gasteiger partial charge < -0.3 is 19.9 Å². The van der Waals surface area contributed by atoms with Gasteiger partial charge in [-0.25, -0.2) is 0 Å². The number of rotatable bonds is 4. The minimum absolute atomic E-state index is 0.0225. The first-order chi connectivity index (χ1) is 14.5. The molecule has 30 heavy (non-hydrogen) atoms. The van der Waals surface area contributed by atoms with Crippen LogP contribution < -0.4 is 10.9 Å². The third-order valence-corrected chi connectivity index (χ3v) is 7.55. The largest absolute Gasteiger partial charge is 0.396 e. The number of pyridine rings is 1. The minimum atomic E-state index is -0.691. The zero-order valence-corrected chi connectivity index (χ0v) is 17.3. The number of carbonyl (C=O) groups excluding carboxylic acids is 2. The van der Waals surface area contributed by atoms with Crippen molar-refractivity contribution in [3.8, 4) is 0 Å². The minimum Gasteiger partial charge on any atom is -0.396 e. The van der Waals surface area contributed by atoms with Crippen molar-refractivity contribution in [1.29, 1.82) is 0 Å². The van der Waals surface area contributed by atoms with Crippen LogP contribution in [0.5, 0.6) is 0 Å². The lowest BCUT2D eigenvalue weighted by Gasteiger charge is -2.33. The number of hydrogen-bond acceptors (Lipinski definition) is 4. The number of aliphatic hydroxyl groups excluding tert-OH is 1. The van der Waals surface area contributed by atoms with Crippen molar-refractivity contribution in [2.24, 2.45) is 11.8 Å². The van der Waals surface area contributed by atoms with Crippen LogP contribution in [0.2, 0.25) is 0 Å². The van der Waals surface area contributed by atoms with Gasteiger partial charge in [-0.2, -0.15) is 0 Å². The summed E-state index contributed by atoms with van der Waals surface area (Å²) in [5.41, 5.74) is 2.60. The Labute approximate surface area is 175 Å². The lowest BCUT2D eigenvalue weighted by atomic mass is 9.87. The average molecular weight is 412 g/mol. The van der Waals surface area contributed by atoms with Gasteiger partial charge in [-0.1, -0.05) is 6.08 Å². The molecule has 0 bridgehead atoms. The maximum atomic E-state index is 13.2. The van der Waals surface area contributed by atoms with E-state index in [1.807, 2.05) is 12.1 Å². The SMILES string of the molecule is CC(=O)N1[C@H](C(=O)NC2CCC2)[C@@H](CO)[C@@H]2Cn3c(ccc(C4=CCCC4)c3=O)[C@@H]21. The number of aliphatic hydroxyl groups is 1. The molecule has 2 aliphatic heterocycles. The van der Waals surface area contributed by atoms with Gasteiger partial charge in [-0.15, -0.1) is 0 Å². The quantitative estimate of drug-likeness (QED) is 0.787. The molecule has 0 radical (unpaired) electrons. The van der Waals surface area contributed by atoms with Gasteiger partial charge in [-0.3, -0.25) is 14.4 Å². The number of nitrogens with one attached hydrogen (secondary N) is 1. The van der Waals surface area contributed by atoms with E-state index in [1.54, 1.807) is 9.47 Å². The van der Waals surface area contributed by atoms with Gasteiger partial charge in [0, 0.05) is 49.2 Å². The predicted octanol–water partition coefficient (Wildman–Crippen LogP) is 1.59. The molecule has 4 aliphatic rings. The van der Waals surface area contributed by atoms with E-state index >= 15 is 0 Å².